The second kappa shape index (κ2) is 8.40. The number of aryl methyl sites for hydroxylation is 1. The summed E-state index contributed by atoms with van der Waals surface area (Å²) in [5, 5.41) is 3.18. The second-order valence-corrected chi connectivity index (χ2v) is 7.28. The summed E-state index contributed by atoms with van der Waals surface area (Å²) >= 11 is 0. The average Bonchev–Trinajstić information content (AvgIpc) is 2.73. The SMILES string of the molecule is Cc1nc(N2CCN(C)CC2)ncc1-c1cc(=O)[nH]c(NCc2ccccc2)n1. The van der Waals surface area contributed by atoms with Gasteiger partial charge >= 0.3 is 0 Å². The van der Waals surface area contributed by atoms with Gasteiger partial charge in [-0.25, -0.2) is 15.0 Å². The van der Waals surface area contributed by atoms with Crippen molar-refractivity contribution in [2.75, 3.05) is 43.4 Å². The van der Waals surface area contributed by atoms with Crippen LogP contribution in [0, 0.1) is 6.92 Å². The van der Waals surface area contributed by atoms with Crippen molar-refractivity contribution in [1.29, 1.82) is 0 Å². The molecule has 1 aliphatic rings. The number of rotatable bonds is 5. The van der Waals surface area contributed by atoms with E-state index in [2.05, 4.69) is 42.1 Å². The van der Waals surface area contributed by atoms with E-state index >= 15 is 0 Å². The Kier molecular flexibility index (Phi) is 5.53. The molecular weight excluding hydrogens is 366 g/mol. The highest BCUT2D eigenvalue weighted by Gasteiger charge is 2.18. The normalized spacial score (nSPS) is 14.8. The van der Waals surface area contributed by atoms with Crippen LogP contribution in [0.3, 0.4) is 0 Å². The topological polar surface area (TPSA) is 90.0 Å². The van der Waals surface area contributed by atoms with Crippen molar-refractivity contribution in [3.8, 4) is 11.3 Å². The van der Waals surface area contributed by atoms with Gasteiger partial charge in [-0.2, -0.15) is 0 Å². The summed E-state index contributed by atoms with van der Waals surface area (Å²) in [6.07, 6.45) is 1.76. The van der Waals surface area contributed by atoms with Gasteiger partial charge in [0.25, 0.3) is 5.56 Å². The highest BCUT2D eigenvalue weighted by atomic mass is 16.1. The average molecular weight is 391 g/mol. The molecule has 0 unspecified atom stereocenters. The molecule has 4 rings (SSSR count). The number of piperazine rings is 1. The van der Waals surface area contributed by atoms with Gasteiger partial charge in [0.2, 0.25) is 11.9 Å². The monoisotopic (exact) mass is 391 g/mol. The molecule has 0 spiro atoms. The van der Waals surface area contributed by atoms with Gasteiger partial charge in [-0.1, -0.05) is 30.3 Å². The molecule has 0 amide bonds. The molecule has 0 aliphatic carbocycles. The molecule has 0 bridgehead atoms. The maximum atomic E-state index is 12.2. The molecule has 2 N–H and O–H groups in total. The zero-order valence-corrected chi connectivity index (χ0v) is 16.7. The van der Waals surface area contributed by atoms with Gasteiger partial charge < -0.3 is 15.1 Å². The Morgan fingerprint density at radius 3 is 2.59 bits per heavy atom. The van der Waals surface area contributed by atoms with Crippen molar-refractivity contribution in [2.24, 2.45) is 0 Å². The number of hydrogen-bond acceptors (Lipinski definition) is 7. The molecule has 8 nitrogen and oxygen atoms in total. The standard InChI is InChI=1S/C21H25N7O/c1-15-17(14-23-21(24-15)28-10-8-27(2)9-11-28)18-12-19(29)26-20(25-18)22-13-16-6-4-3-5-7-16/h3-7,12,14H,8-11,13H2,1-2H3,(H2,22,25,26,29). The Labute approximate surface area is 169 Å². The summed E-state index contributed by atoms with van der Waals surface area (Å²) in [7, 11) is 2.12. The van der Waals surface area contributed by atoms with Crippen molar-refractivity contribution < 1.29 is 0 Å². The Morgan fingerprint density at radius 2 is 1.86 bits per heavy atom. The lowest BCUT2D eigenvalue weighted by atomic mass is 10.1. The fraction of sp³-hybridized carbons (Fsp3) is 0.333. The zero-order chi connectivity index (χ0) is 20.2. The molecule has 29 heavy (non-hydrogen) atoms. The Bertz CT molecular complexity index is 1030. The summed E-state index contributed by atoms with van der Waals surface area (Å²) in [5.41, 5.74) is 3.02. The summed E-state index contributed by atoms with van der Waals surface area (Å²) in [4.78, 5) is 33.2. The van der Waals surface area contributed by atoms with E-state index in [-0.39, 0.29) is 5.56 Å². The second-order valence-electron chi connectivity index (χ2n) is 7.28. The number of H-pyrrole nitrogens is 1. The minimum Gasteiger partial charge on any atom is -0.352 e. The van der Waals surface area contributed by atoms with E-state index in [1.54, 1.807) is 6.20 Å². The van der Waals surface area contributed by atoms with Crippen LogP contribution in [0.2, 0.25) is 0 Å². The van der Waals surface area contributed by atoms with Crippen LogP contribution in [0.4, 0.5) is 11.9 Å². The van der Waals surface area contributed by atoms with Gasteiger partial charge in [0.1, 0.15) is 0 Å². The largest absolute Gasteiger partial charge is 0.352 e. The first kappa shape index (κ1) is 19.1. The van der Waals surface area contributed by atoms with Crippen LogP contribution in [0.25, 0.3) is 11.3 Å². The fourth-order valence-electron chi connectivity index (χ4n) is 3.33. The van der Waals surface area contributed by atoms with E-state index in [1.807, 2.05) is 37.3 Å². The van der Waals surface area contributed by atoms with Gasteiger partial charge in [-0.3, -0.25) is 9.78 Å². The quantitative estimate of drug-likeness (QED) is 0.686. The van der Waals surface area contributed by atoms with E-state index in [9.17, 15) is 4.79 Å². The molecule has 0 radical (unpaired) electrons. The summed E-state index contributed by atoms with van der Waals surface area (Å²) in [6.45, 7) is 6.31. The lowest BCUT2D eigenvalue weighted by Crippen LogP contribution is -2.45. The third-order valence-corrected chi connectivity index (χ3v) is 5.07. The minimum absolute atomic E-state index is 0.215. The summed E-state index contributed by atoms with van der Waals surface area (Å²) in [6, 6.07) is 11.4. The lowest BCUT2D eigenvalue weighted by molar-refractivity contribution is 0.311. The minimum atomic E-state index is -0.215. The van der Waals surface area contributed by atoms with Crippen molar-refractivity contribution >= 4 is 11.9 Å². The van der Waals surface area contributed by atoms with E-state index < -0.39 is 0 Å². The predicted octanol–water partition coefficient (Wildman–Crippen LogP) is 1.90. The maximum absolute atomic E-state index is 12.2. The smallest absolute Gasteiger partial charge is 0.252 e. The molecule has 1 saturated heterocycles. The molecule has 8 heteroatoms. The maximum Gasteiger partial charge on any atom is 0.252 e. The molecule has 0 atom stereocenters. The highest BCUT2D eigenvalue weighted by molar-refractivity contribution is 5.62. The Morgan fingerprint density at radius 1 is 1.10 bits per heavy atom. The molecule has 150 valence electrons. The summed E-state index contributed by atoms with van der Waals surface area (Å²) in [5.74, 6) is 1.16. The van der Waals surface area contributed by atoms with Crippen LogP contribution in [0.5, 0.6) is 0 Å². The first-order valence-corrected chi connectivity index (χ1v) is 9.75. The number of hydrogen-bond donors (Lipinski definition) is 2. The van der Waals surface area contributed by atoms with Gasteiger partial charge in [-0.15, -0.1) is 0 Å². The molecule has 0 saturated carbocycles. The van der Waals surface area contributed by atoms with Crippen LogP contribution in [-0.4, -0.2) is 58.1 Å². The number of anilines is 2. The number of likely N-dealkylation sites (N-methyl/N-ethyl adjacent to an activating group) is 1. The van der Waals surface area contributed by atoms with Crippen molar-refractivity contribution in [1.82, 2.24) is 24.8 Å². The van der Waals surface area contributed by atoms with Crippen LogP contribution in [0.15, 0.2) is 47.4 Å². The Balaban J connectivity index is 1.54. The number of aromatic nitrogens is 4. The van der Waals surface area contributed by atoms with Gasteiger partial charge in [-0.05, 0) is 19.5 Å². The first-order valence-electron chi connectivity index (χ1n) is 9.75. The number of nitrogens with one attached hydrogen (secondary N) is 2. The van der Waals surface area contributed by atoms with Crippen LogP contribution < -0.4 is 15.8 Å². The molecule has 1 fully saturated rings. The van der Waals surface area contributed by atoms with Crippen LogP contribution >= 0.6 is 0 Å². The third-order valence-electron chi connectivity index (χ3n) is 5.07. The lowest BCUT2D eigenvalue weighted by Gasteiger charge is -2.32. The van der Waals surface area contributed by atoms with Gasteiger partial charge in [0.15, 0.2) is 0 Å². The first-order chi connectivity index (χ1) is 14.1. The number of nitrogens with zero attached hydrogens (tertiary/aromatic N) is 5. The molecular formula is C21H25N7O. The van der Waals surface area contributed by atoms with Crippen molar-refractivity contribution in [3.05, 3.63) is 64.2 Å². The van der Waals surface area contributed by atoms with Crippen LogP contribution in [-0.2, 0) is 6.54 Å². The van der Waals surface area contributed by atoms with Gasteiger partial charge in [0.05, 0.1) is 11.4 Å². The fourth-order valence-corrected chi connectivity index (χ4v) is 3.33. The van der Waals surface area contributed by atoms with E-state index in [1.165, 1.54) is 6.07 Å². The summed E-state index contributed by atoms with van der Waals surface area (Å²) < 4.78 is 0. The number of aromatic amines is 1. The number of benzene rings is 1. The van der Waals surface area contributed by atoms with Crippen molar-refractivity contribution in [2.45, 2.75) is 13.5 Å². The zero-order valence-electron chi connectivity index (χ0n) is 16.7. The van der Waals surface area contributed by atoms with E-state index in [0.717, 1.165) is 48.9 Å². The van der Waals surface area contributed by atoms with Crippen molar-refractivity contribution in [3.63, 3.8) is 0 Å². The molecule has 3 heterocycles. The third kappa shape index (κ3) is 4.60. The van der Waals surface area contributed by atoms with Gasteiger partial charge in [0, 0.05) is 50.6 Å². The molecule has 3 aromatic rings. The Hall–Kier alpha value is -3.26. The van der Waals surface area contributed by atoms with E-state index in [4.69, 9.17) is 0 Å². The van der Waals surface area contributed by atoms with E-state index in [0.29, 0.717) is 18.2 Å². The highest BCUT2D eigenvalue weighted by Crippen LogP contribution is 2.21. The molecule has 1 aromatic carbocycles. The molecule has 1 aliphatic heterocycles. The molecule has 2 aromatic heterocycles. The van der Waals surface area contributed by atoms with Crippen LogP contribution in [0.1, 0.15) is 11.3 Å². The predicted molar refractivity (Wildman–Crippen MR) is 114 cm³/mol.